The highest BCUT2D eigenvalue weighted by Crippen LogP contribution is 2.30. The van der Waals surface area contributed by atoms with Gasteiger partial charge in [0.15, 0.2) is 0 Å². The summed E-state index contributed by atoms with van der Waals surface area (Å²) >= 11 is 0. The van der Waals surface area contributed by atoms with Gasteiger partial charge in [0.05, 0.1) is 12.5 Å². The Balaban J connectivity index is 2.69. The first-order valence-electron chi connectivity index (χ1n) is 6.09. The van der Waals surface area contributed by atoms with E-state index in [0.717, 1.165) is 12.8 Å². The van der Waals surface area contributed by atoms with Crippen molar-refractivity contribution in [3.05, 3.63) is 0 Å². The highest BCUT2D eigenvalue weighted by Gasteiger charge is 2.38. The number of rotatable bonds is 6. The van der Waals surface area contributed by atoms with E-state index in [1.54, 1.807) is 4.90 Å². The summed E-state index contributed by atoms with van der Waals surface area (Å²) in [6.45, 7) is 4.72. The molecule has 1 rings (SSSR count). The summed E-state index contributed by atoms with van der Waals surface area (Å²) in [5, 5.41) is 18.3. The number of aliphatic hydroxyl groups excluding tert-OH is 1. The monoisotopic (exact) mass is 243 g/mol. The van der Waals surface area contributed by atoms with E-state index in [0.29, 0.717) is 6.54 Å². The van der Waals surface area contributed by atoms with Gasteiger partial charge in [0.25, 0.3) is 0 Å². The summed E-state index contributed by atoms with van der Waals surface area (Å²) in [7, 11) is 0. The molecule has 1 saturated heterocycles. The predicted molar refractivity (Wildman–Crippen MR) is 62.4 cm³/mol. The van der Waals surface area contributed by atoms with Crippen molar-refractivity contribution in [3.8, 4) is 0 Å². The number of likely N-dealkylation sites (tertiary alicyclic amines) is 1. The van der Waals surface area contributed by atoms with E-state index in [4.69, 9.17) is 5.11 Å². The molecule has 1 atom stereocenters. The Kier molecular flexibility index (Phi) is 4.51. The largest absolute Gasteiger partial charge is 0.481 e. The molecule has 5 nitrogen and oxygen atoms in total. The third kappa shape index (κ3) is 2.97. The van der Waals surface area contributed by atoms with E-state index in [9.17, 15) is 14.7 Å². The fraction of sp³-hybridized carbons (Fsp3) is 0.833. The van der Waals surface area contributed by atoms with E-state index < -0.39 is 11.9 Å². The van der Waals surface area contributed by atoms with Crippen LogP contribution in [0.2, 0.25) is 0 Å². The standard InChI is InChI=1S/C12H21NO4/c1-3-12(4-2,8-14)7-13-6-9(11(16)17)5-10(13)15/h9,14H,3-8H2,1-2H3,(H,16,17). The Morgan fingerprint density at radius 3 is 2.41 bits per heavy atom. The Hall–Kier alpha value is -1.10. The maximum Gasteiger partial charge on any atom is 0.308 e. The average Bonchev–Trinajstić information content (AvgIpc) is 2.68. The van der Waals surface area contributed by atoms with Crippen molar-refractivity contribution < 1.29 is 19.8 Å². The van der Waals surface area contributed by atoms with Crippen molar-refractivity contribution in [1.82, 2.24) is 4.90 Å². The van der Waals surface area contributed by atoms with Crippen LogP contribution < -0.4 is 0 Å². The first-order valence-corrected chi connectivity index (χ1v) is 6.09. The molecule has 17 heavy (non-hydrogen) atoms. The van der Waals surface area contributed by atoms with Crippen LogP contribution >= 0.6 is 0 Å². The minimum Gasteiger partial charge on any atom is -0.481 e. The van der Waals surface area contributed by atoms with E-state index in [1.807, 2.05) is 13.8 Å². The van der Waals surface area contributed by atoms with Gasteiger partial charge in [0.2, 0.25) is 5.91 Å². The number of hydrogen-bond acceptors (Lipinski definition) is 3. The van der Waals surface area contributed by atoms with Gasteiger partial charge in [-0.25, -0.2) is 0 Å². The number of carboxylic acids is 1. The van der Waals surface area contributed by atoms with Gasteiger partial charge in [-0.05, 0) is 12.8 Å². The summed E-state index contributed by atoms with van der Waals surface area (Å²) in [5.74, 6) is -1.62. The first-order chi connectivity index (χ1) is 7.98. The Labute approximate surface area is 101 Å². The SMILES string of the molecule is CCC(CC)(CO)CN1CC(C(=O)O)CC1=O. The maximum atomic E-state index is 11.7. The minimum atomic E-state index is -0.913. The fourth-order valence-electron chi connectivity index (χ4n) is 2.24. The zero-order valence-corrected chi connectivity index (χ0v) is 10.5. The second kappa shape index (κ2) is 5.49. The lowest BCUT2D eigenvalue weighted by molar-refractivity contribution is -0.141. The molecule has 0 aromatic heterocycles. The summed E-state index contributed by atoms with van der Waals surface area (Å²) in [6.07, 6.45) is 1.65. The molecular weight excluding hydrogens is 222 g/mol. The van der Waals surface area contributed by atoms with Crippen molar-refractivity contribution in [2.45, 2.75) is 33.1 Å². The quantitative estimate of drug-likeness (QED) is 0.720. The van der Waals surface area contributed by atoms with Crippen LogP contribution in [0.25, 0.3) is 0 Å². The van der Waals surface area contributed by atoms with Crippen LogP contribution in [0.1, 0.15) is 33.1 Å². The molecule has 0 bridgehead atoms. The summed E-state index contributed by atoms with van der Waals surface area (Å²) < 4.78 is 0. The normalized spacial score (nSPS) is 21.0. The number of carbonyl (C=O) groups excluding carboxylic acids is 1. The molecule has 1 aliphatic rings. The third-order valence-corrected chi connectivity index (χ3v) is 3.93. The molecule has 0 aromatic rings. The second-order valence-electron chi connectivity index (χ2n) is 4.88. The molecule has 0 aliphatic carbocycles. The van der Waals surface area contributed by atoms with Crippen molar-refractivity contribution >= 4 is 11.9 Å². The zero-order valence-electron chi connectivity index (χ0n) is 10.5. The van der Waals surface area contributed by atoms with E-state index in [1.165, 1.54) is 0 Å². The van der Waals surface area contributed by atoms with E-state index >= 15 is 0 Å². The number of aliphatic hydroxyl groups is 1. The van der Waals surface area contributed by atoms with Crippen LogP contribution in [-0.4, -0.2) is 46.7 Å². The number of amides is 1. The van der Waals surface area contributed by atoms with E-state index in [2.05, 4.69) is 0 Å². The molecule has 1 heterocycles. The highest BCUT2D eigenvalue weighted by atomic mass is 16.4. The molecule has 1 amide bonds. The van der Waals surface area contributed by atoms with Gasteiger partial charge in [0, 0.05) is 24.9 Å². The minimum absolute atomic E-state index is 0.0293. The predicted octanol–water partition coefficient (Wildman–Crippen LogP) is 0.718. The van der Waals surface area contributed by atoms with Crippen LogP contribution in [0.5, 0.6) is 0 Å². The van der Waals surface area contributed by atoms with Crippen LogP contribution in [0.3, 0.4) is 0 Å². The maximum absolute atomic E-state index is 11.7. The molecule has 0 saturated carbocycles. The smallest absolute Gasteiger partial charge is 0.308 e. The summed E-state index contributed by atoms with van der Waals surface area (Å²) in [5.41, 5.74) is -0.289. The van der Waals surface area contributed by atoms with Gasteiger partial charge in [-0.1, -0.05) is 13.8 Å². The summed E-state index contributed by atoms with van der Waals surface area (Å²) in [6, 6.07) is 0. The van der Waals surface area contributed by atoms with Gasteiger partial charge in [0.1, 0.15) is 0 Å². The van der Waals surface area contributed by atoms with Crippen LogP contribution in [-0.2, 0) is 9.59 Å². The average molecular weight is 243 g/mol. The number of carboxylic acid groups (broad SMARTS) is 1. The molecule has 0 radical (unpaired) electrons. The highest BCUT2D eigenvalue weighted by molar-refractivity contribution is 5.86. The molecule has 1 aliphatic heterocycles. The van der Waals surface area contributed by atoms with E-state index in [-0.39, 0.29) is 30.9 Å². The van der Waals surface area contributed by atoms with Crippen LogP contribution in [0, 0.1) is 11.3 Å². The summed E-state index contributed by atoms with van der Waals surface area (Å²) in [4.78, 5) is 24.1. The molecule has 1 unspecified atom stereocenters. The van der Waals surface area contributed by atoms with Crippen molar-refractivity contribution in [2.75, 3.05) is 19.7 Å². The van der Waals surface area contributed by atoms with Crippen LogP contribution in [0.15, 0.2) is 0 Å². The lowest BCUT2D eigenvalue weighted by atomic mass is 9.83. The number of carbonyl (C=O) groups is 2. The van der Waals surface area contributed by atoms with Gasteiger partial charge < -0.3 is 15.1 Å². The number of nitrogens with zero attached hydrogens (tertiary/aromatic N) is 1. The topological polar surface area (TPSA) is 77.8 Å². The molecule has 0 spiro atoms. The Morgan fingerprint density at radius 2 is 2.06 bits per heavy atom. The number of hydrogen-bond donors (Lipinski definition) is 2. The molecule has 1 fully saturated rings. The lowest BCUT2D eigenvalue weighted by Gasteiger charge is -2.33. The Morgan fingerprint density at radius 1 is 1.47 bits per heavy atom. The van der Waals surface area contributed by atoms with Gasteiger partial charge in [-0.3, -0.25) is 9.59 Å². The van der Waals surface area contributed by atoms with Crippen molar-refractivity contribution in [2.24, 2.45) is 11.3 Å². The number of aliphatic carboxylic acids is 1. The molecular formula is C12H21NO4. The van der Waals surface area contributed by atoms with Crippen molar-refractivity contribution in [3.63, 3.8) is 0 Å². The lowest BCUT2D eigenvalue weighted by Crippen LogP contribution is -2.40. The Bertz CT molecular complexity index is 291. The van der Waals surface area contributed by atoms with Gasteiger partial charge >= 0.3 is 5.97 Å². The van der Waals surface area contributed by atoms with Gasteiger partial charge in [-0.15, -0.1) is 0 Å². The molecule has 5 heteroatoms. The fourth-order valence-corrected chi connectivity index (χ4v) is 2.24. The molecule has 98 valence electrons. The molecule has 0 aromatic carbocycles. The second-order valence-corrected chi connectivity index (χ2v) is 4.88. The molecule has 2 N–H and O–H groups in total. The van der Waals surface area contributed by atoms with Crippen molar-refractivity contribution in [1.29, 1.82) is 0 Å². The van der Waals surface area contributed by atoms with Crippen LogP contribution in [0.4, 0.5) is 0 Å². The first kappa shape index (κ1) is 14.0. The van der Waals surface area contributed by atoms with Gasteiger partial charge in [-0.2, -0.15) is 0 Å². The zero-order chi connectivity index (χ0) is 13.1. The third-order valence-electron chi connectivity index (χ3n) is 3.93.